The van der Waals surface area contributed by atoms with Crippen LogP contribution in [0.15, 0.2) is 18.2 Å². The molecule has 4 nitrogen and oxygen atoms in total. The van der Waals surface area contributed by atoms with Gasteiger partial charge >= 0.3 is 0 Å². The van der Waals surface area contributed by atoms with Gasteiger partial charge in [0.2, 0.25) is 10.0 Å². The van der Waals surface area contributed by atoms with Gasteiger partial charge in [-0.3, -0.25) is 4.31 Å². The third-order valence-corrected chi connectivity index (χ3v) is 3.82. The van der Waals surface area contributed by atoms with Crippen LogP contribution in [-0.4, -0.2) is 27.8 Å². The lowest BCUT2D eigenvalue weighted by Crippen LogP contribution is -2.32. The Hall–Kier alpha value is -1.21. The quantitative estimate of drug-likeness (QED) is 0.855. The highest BCUT2D eigenvalue weighted by Gasteiger charge is 2.20. The molecule has 0 fully saturated rings. The molecule has 1 aromatic rings. The fourth-order valence-electron chi connectivity index (χ4n) is 1.16. The van der Waals surface area contributed by atoms with Gasteiger partial charge in [0.25, 0.3) is 0 Å². The molecule has 1 rings (SSSR count). The molecule has 0 unspecified atom stereocenters. The summed E-state index contributed by atoms with van der Waals surface area (Å²) in [5.74, 6) is -1.82. The minimum absolute atomic E-state index is 0.0798. The van der Waals surface area contributed by atoms with Crippen LogP contribution in [0.25, 0.3) is 0 Å². The molecule has 0 saturated carbocycles. The van der Waals surface area contributed by atoms with Gasteiger partial charge in [-0.15, -0.1) is 0 Å². The van der Waals surface area contributed by atoms with Gasteiger partial charge in [0.1, 0.15) is 11.6 Å². The Morgan fingerprint density at radius 1 is 1.38 bits per heavy atom. The van der Waals surface area contributed by atoms with E-state index < -0.39 is 21.7 Å². The lowest BCUT2D eigenvalue weighted by atomic mass is 10.3. The van der Waals surface area contributed by atoms with Crippen molar-refractivity contribution in [2.75, 3.05) is 23.7 Å². The topological polar surface area (TPSA) is 63.4 Å². The zero-order valence-electron chi connectivity index (χ0n) is 8.65. The third-order valence-electron chi connectivity index (χ3n) is 2.04. The van der Waals surface area contributed by atoms with E-state index in [0.717, 1.165) is 25.2 Å². The van der Waals surface area contributed by atoms with Gasteiger partial charge in [-0.2, -0.15) is 0 Å². The Kier molecular flexibility index (Phi) is 3.82. The van der Waals surface area contributed by atoms with Gasteiger partial charge < -0.3 is 5.73 Å². The molecule has 0 atom stereocenters. The first-order chi connectivity index (χ1) is 7.38. The van der Waals surface area contributed by atoms with Gasteiger partial charge in [-0.25, -0.2) is 17.2 Å². The number of hydrogen-bond donors (Lipinski definition) is 1. The number of rotatable bonds is 4. The van der Waals surface area contributed by atoms with Crippen LogP contribution in [0.1, 0.15) is 0 Å². The SMILES string of the molecule is CN(c1cc(F)ccc1F)S(=O)(=O)CCN. The van der Waals surface area contributed by atoms with E-state index in [0.29, 0.717) is 4.31 Å². The zero-order valence-corrected chi connectivity index (χ0v) is 9.47. The first kappa shape index (κ1) is 12.9. The van der Waals surface area contributed by atoms with Gasteiger partial charge in [-0.1, -0.05) is 0 Å². The Bertz CT molecular complexity index is 476. The number of sulfonamides is 1. The van der Waals surface area contributed by atoms with Crippen LogP contribution in [0.3, 0.4) is 0 Å². The molecule has 0 amide bonds. The molecule has 0 saturated heterocycles. The zero-order chi connectivity index (χ0) is 12.3. The van der Waals surface area contributed by atoms with Crippen LogP contribution in [0.2, 0.25) is 0 Å². The highest BCUT2D eigenvalue weighted by atomic mass is 32.2. The van der Waals surface area contributed by atoms with Crippen molar-refractivity contribution in [2.45, 2.75) is 0 Å². The number of halogens is 2. The fraction of sp³-hybridized carbons (Fsp3) is 0.333. The average Bonchev–Trinajstić information content (AvgIpc) is 2.20. The van der Waals surface area contributed by atoms with Crippen molar-refractivity contribution in [1.82, 2.24) is 0 Å². The van der Waals surface area contributed by atoms with E-state index in [2.05, 4.69) is 0 Å². The summed E-state index contributed by atoms with van der Waals surface area (Å²) in [4.78, 5) is 0. The molecule has 0 bridgehead atoms. The molecular weight excluding hydrogens is 238 g/mol. The fourth-order valence-corrected chi connectivity index (χ4v) is 2.17. The monoisotopic (exact) mass is 250 g/mol. The summed E-state index contributed by atoms with van der Waals surface area (Å²) >= 11 is 0. The van der Waals surface area contributed by atoms with E-state index in [1.165, 1.54) is 0 Å². The highest BCUT2D eigenvalue weighted by molar-refractivity contribution is 7.92. The second kappa shape index (κ2) is 4.75. The van der Waals surface area contributed by atoms with Crippen molar-refractivity contribution in [2.24, 2.45) is 5.73 Å². The van der Waals surface area contributed by atoms with Crippen LogP contribution in [0, 0.1) is 11.6 Å². The standard InChI is InChI=1S/C9H12F2N2O2S/c1-13(16(14,15)5-4-12)9-6-7(10)2-3-8(9)11/h2-3,6H,4-5,12H2,1H3. The van der Waals surface area contributed by atoms with Crippen molar-refractivity contribution < 1.29 is 17.2 Å². The number of anilines is 1. The van der Waals surface area contributed by atoms with Crippen LogP contribution in [0.5, 0.6) is 0 Å². The number of nitrogens with two attached hydrogens (primary N) is 1. The van der Waals surface area contributed by atoms with E-state index >= 15 is 0 Å². The summed E-state index contributed by atoms with van der Waals surface area (Å²) in [7, 11) is -2.55. The first-order valence-electron chi connectivity index (χ1n) is 4.50. The van der Waals surface area contributed by atoms with Crippen molar-refractivity contribution in [3.8, 4) is 0 Å². The van der Waals surface area contributed by atoms with Crippen LogP contribution < -0.4 is 10.0 Å². The van der Waals surface area contributed by atoms with Crippen molar-refractivity contribution >= 4 is 15.7 Å². The summed E-state index contributed by atoms with van der Waals surface area (Å²) in [5.41, 5.74) is 4.80. The summed E-state index contributed by atoms with van der Waals surface area (Å²) in [6.45, 7) is -0.0798. The Morgan fingerprint density at radius 3 is 2.56 bits per heavy atom. The Labute approximate surface area is 92.7 Å². The molecule has 90 valence electrons. The summed E-state index contributed by atoms with van der Waals surface area (Å²) < 4.78 is 50.0. The largest absolute Gasteiger partial charge is 0.329 e. The molecule has 0 aliphatic carbocycles. The predicted octanol–water partition coefficient (Wildman–Crippen LogP) is 0.690. The molecular formula is C9H12F2N2O2S. The molecule has 0 spiro atoms. The van der Waals surface area contributed by atoms with E-state index in [-0.39, 0.29) is 18.0 Å². The van der Waals surface area contributed by atoms with E-state index in [9.17, 15) is 17.2 Å². The molecule has 0 aromatic heterocycles. The maximum Gasteiger partial charge on any atom is 0.236 e. The molecule has 0 aliphatic heterocycles. The Balaban J connectivity index is 3.14. The maximum absolute atomic E-state index is 13.3. The molecule has 1 aromatic carbocycles. The molecule has 16 heavy (non-hydrogen) atoms. The second-order valence-corrected chi connectivity index (χ2v) is 5.29. The smallest absolute Gasteiger partial charge is 0.236 e. The van der Waals surface area contributed by atoms with Gasteiger partial charge in [0.15, 0.2) is 0 Å². The van der Waals surface area contributed by atoms with Crippen molar-refractivity contribution in [1.29, 1.82) is 0 Å². The lowest BCUT2D eigenvalue weighted by molar-refractivity contribution is 0.585. The normalized spacial score (nSPS) is 11.5. The number of nitrogens with zero attached hydrogens (tertiary/aromatic N) is 1. The van der Waals surface area contributed by atoms with Crippen molar-refractivity contribution in [3.05, 3.63) is 29.8 Å². The van der Waals surface area contributed by atoms with E-state index in [1.54, 1.807) is 0 Å². The lowest BCUT2D eigenvalue weighted by Gasteiger charge is -2.19. The summed E-state index contributed by atoms with van der Waals surface area (Å²) in [6, 6.07) is 2.62. The van der Waals surface area contributed by atoms with Gasteiger partial charge in [0.05, 0.1) is 11.4 Å². The highest BCUT2D eigenvalue weighted by Crippen LogP contribution is 2.21. The minimum Gasteiger partial charge on any atom is -0.329 e. The van der Waals surface area contributed by atoms with E-state index in [1.807, 2.05) is 0 Å². The molecule has 7 heteroatoms. The number of benzene rings is 1. The number of hydrogen-bond acceptors (Lipinski definition) is 3. The summed E-state index contributed by atoms with van der Waals surface area (Å²) in [6.07, 6.45) is 0. The average molecular weight is 250 g/mol. The Morgan fingerprint density at radius 2 is 2.00 bits per heavy atom. The van der Waals surface area contributed by atoms with Gasteiger partial charge in [-0.05, 0) is 12.1 Å². The van der Waals surface area contributed by atoms with Gasteiger partial charge in [0, 0.05) is 19.7 Å². The first-order valence-corrected chi connectivity index (χ1v) is 6.11. The molecule has 0 aliphatic rings. The van der Waals surface area contributed by atoms with Crippen LogP contribution in [0.4, 0.5) is 14.5 Å². The third kappa shape index (κ3) is 2.67. The summed E-state index contributed by atoms with van der Waals surface area (Å²) in [5, 5.41) is 0. The van der Waals surface area contributed by atoms with Crippen LogP contribution in [-0.2, 0) is 10.0 Å². The van der Waals surface area contributed by atoms with Crippen LogP contribution >= 0.6 is 0 Å². The molecule has 0 radical (unpaired) electrons. The minimum atomic E-state index is -3.70. The van der Waals surface area contributed by atoms with E-state index in [4.69, 9.17) is 5.73 Å². The molecule has 2 N–H and O–H groups in total. The predicted molar refractivity (Wildman–Crippen MR) is 57.6 cm³/mol. The maximum atomic E-state index is 13.3. The van der Waals surface area contributed by atoms with Crippen molar-refractivity contribution in [3.63, 3.8) is 0 Å². The molecule has 0 heterocycles. The second-order valence-electron chi connectivity index (χ2n) is 3.17.